The molecule has 0 aliphatic carbocycles. The van der Waals surface area contributed by atoms with Crippen molar-refractivity contribution in [1.29, 1.82) is 0 Å². The van der Waals surface area contributed by atoms with Crippen molar-refractivity contribution in [2.45, 2.75) is 12.6 Å². The SMILES string of the molecule is NCCCOc1cc(C(F)(F)F)ccc1-c1cc(=O)c2cccc(Cl)c2o1. The molecule has 1 heterocycles. The number of ether oxygens (including phenoxy) is 1. The lowest BCUT2D eigenvalue weighted by atomic mass is 10.1. The van der Waals surface area contributed by atoms with Crippen molar-refractivity contribution in [3.63, 3.8) is 0 Å². The van der Waals surface area contributed by atoms with Crippen LogP contribution in [0.1, 0.15) is 12.0 Å². The molecular formula is C19H15ClF3NO3. The second kappa shape index (κ2) is 7.62. The van der Waals surface area contributed by atoms with Crippen LogP contribution < -0.4 is 15.9 Å². The van der Waals surface area contributed by atoms with Gasteiger partial charge in [0, 0.05) is 6.07 Å². The molecule has 0 fully saturated rings. The first-order chi connectivity index (χ1) is 12.8. The van der Waals surface area contributed by atoms with E-state index >= 15 is 0 Å². The molecule has 27 heavy (non-hydrogen) atoms. The van der Waals surface area contributed by atoms with E-state index in [0.29, 0.717) is 13.0 Å². The van der Waals surface area contributed by atoms with Crippen molar-refractivity contribution in [2.24, 2.45) is 5.73 Å². The van der Waals surface area contributed by atoms with Gasteiger partial charge in [-0.05, 0) is 43.3 Å². The van der Waals surface area contributed by atoms with Gasteiger partial charge in [-0.3, -0.25) is 4.79 Å². The summed E-state index contributed by atoms with van der Waals surface area (Å²) < 4.78 is 50.3. The number of nitrogens with two attached hydrogens (primary N) is 1. The lowest BCUT2D eigenvalue weighted by molar-refractivity contribution is -0.137. The molecule has 2 aromatic carbocycles. The van der Waals surface area contributed by atoms with E-state index in [9.17, 15) is 18.0 Å². The quantitative estimate of drug-likeness (QED) is 0.624. The molecule has 0 saturated carbocycles. The van der Waals surface area contributed by atoms with Crippen LogP contribution in [0, 0.1) is 0 Å². The highest BCUT2D eigenvalue weighted by molar-refractivity contribution is 6.34. The van der Waals surface area contributed by atoms with Crippen molar-refractivity contribution in [1.82, 2.24) is 0 Å². The Balaban J connectivity index is 2.16. The Labute approximate surface area is 157 Å². The number of alkyl halides is 3. The Kier molecular flexibility index (Phi) is 5.43. The van der Waals surface area contributed by atoms with Gasteiger partial charge in [0.05, 0.1) is 28.1 Å². The molecule has 0 unspecified atom stereocenters. The number of hydrogen-bond donors (Lipinski definition) is 1. The van der Waals surface area contributed by atoms with Crippen LogP contribution in [-0.2, 0) is 6.18 Å². The van der Waals surface area contributed by atoms with E-state index in [4.69, 9.17) is 26.5 Å². The van der Waals surface area contributed by atoms with E-state index in [1.807, 2.05) is 0 Å². The van der Waals surface area contributed by atoms with Crippen LogP contribution in [0.5, 0.6) is 5.75 Å². The Morgan fingerprint density at radius 2 is 1.93 bits per heavy atom. The third kappa shape index (κ3) is 4.09. The van der Waals surface area contributed by atoms with Crippen LogP contribution >= 0.6 is 11.6 Å². The van der Waals surface area contributed by atoms with E-state index in [-0.39, 0.29) is 45.1 Å². The predicted molar refractivity (Wildman–Crippen MR) is 97.1 cm³/mol. The molecule has 0 radical (unpaired) electrons. The zero-order valence-electron chi connectivity index (χ0n) is 14.0. The molecule has 0 saturated heterocycles. The van der Waals surface area contributed by atoms with Crippen molar-refractivity contribution in [3.8, 4) is 17.1 Å². The maximum absolute atomic E-state index is 13.0. The predicted octanol–water partition coefficient (Wildman–Crippen LogP) is 4.86. The maximum Gasteiger partial charge on any atom is 0.416 e. The average Bonchev–Trinajstić information content (AvgIpc) is 2.62. The molecule has 0 aliphatic heterocycles. The van der Waals surface area contributed by atoms with Gasteiger partial charge in [0.1, 0.15) is 11.5 Å². The Bertz CT molecular complexity index is 1030. The molecule has 0 spiro atoms. The zero-order valence-corrected chi connectivity index (χ0v) is 14.7. The summed E-state index contributed by atoms with van der Waals surface area (Å²) in [6.07, 6.45) is -4.07. The molecule has 0 aliphatic rings. The molecule has 3 rings (SSSR count). The van der Waals surface area contributed by atoms with Crippen molar-refractivity contribution >= 4 is 22.6 Å². The van der Waals surface area contributed by atoms with Gasteiger partial charge in [0.15, 0.2) is 11.0 Å². The highest BCUT2D eigenvalue weighted by Gasteiger charge is 2.31. The number of para-hydroxylation sites is 1. The van der Waals surface area contributed by atoms with Crippen molar-refractivity contribution < 1.29 is 22.3 Å². The van der Waals surface area contributed by atoms with Gasteiger partial charge in [-0.2, -0.15) is 13.2 Å². The summed E-state index contributed by atoms with van der Waals surface area (Å²) in [4.78, 5) is 12.4. The highest BCUT2D eigenvalue weighted by Crippen LogP contribution is 2.38. The van der Waals surface area contributed by atoms with E-state index in [0.717, 1.165) is 12.1 Å². The summed E-state index contributed by atoms with van der Waals surface area (Å²) in [6, 6.07) is 8.92. The second-order valence-electron chi connectivity index (χ2n) is 5.79. The van der Waals surface area contributed by atoms with Gasteiger partial charge < -0.3 is 14.9 Å². The first-order valence-electron chi connectivity index (χ1n) is 8.08. The normalized spacial score (nSPS) is 11.7. The van der Waals surface area contributed by atoms with Gasteiger partial charge in [-0.15, -0.1) is 0 Å². The third-order valence-electron chi connectivity index (χ3n) is 3.89. The summed E-state index contributed by atoms with van der Waals surface area (Å²) in [5.41, 5.74) is 4.56. The van der Waals surface area contributed by atoms with Gasteiger partial charge in [0.25, 0.3) is 0 Å². The highest BCUT2D eigenvalue weighted by atomic mass is 35.5. The lowest BCUT2D eigenvalue weighted by Crippen LogP contribution is -2.09. The zero-order chi connectivity index (χ0) is 19.6. The summed E-state index contributed by atoms with van der Waals surface area (Å²) >= 11 is 6.09. The largest absolute Gasteiger partial charge is 0.493 e. The molecule has 142 valence electrons. The van der Waals surface area contributed by atoms with Gasteiger partial charge in [0.2, 0.25) is 0 Å². The smallest absolute Gasteiger partial charge is 0.416 e. The topological polar surface area (TPSA) is 65.5 Å². The standard InChI is InChI=1S/C19H15ClF3NO3/c20-14-4-1-3-12-15(25)10-17(27-18(12)14)13-6-5-11(19(21,22)23)9-16(13)26-8-2-7-24/h1,3-6,9-10H,2,7-8,24H2. The first-order valence-corrected chi connectivity index (χ1v) is 8.46. The minimum atomic E-state index is -4.53. The molecule has 1 aromatic heterocycles. The summed E-state index contributed by atoms with van der Waals surface area (Å²) in [7, 11) is 0. The van der Waals surface area contributed by atoms with E-state index in [1.165, 1.54) is 12.1 Å². The number of rotatable bonds is 5. The minimum Gasteiger partial charge on any atom is -0.493 e. The fourth-order valence-corrected chi connectivity index (χ4v) is 2.78. The van der Waals surface area contributed by atoms with Gasteiger partial charge in [-0.1, -0.05) is 17.7 Å². The number of halogens is 4. The minimum absolute atomic E-state index is 0.0483. The Morgan fingerprint density at radius 3 is 2.63 bits per heavy atom. The number of benzene rings is 2. The van der Waals surface area contributed by atoms with Crippen LogP contribution in [0.15, 0.2) is 51.7 Å². The third-order valence-corrected chi connectivity index (χ3v) is 4.18. The molecule has 4 nitrogen and oxygen atoms in total. The molecular weight excluding hydrogens is 383 g/mol. The fraction of sp³-hybridized carbons (Fsp3) is 0.211. The monoisotopic (exact) mass is 397 g/mol. The molecule has 3 aromatic rings. The van der Waals surface area contributed by atoms with E-state index in [1.54, 1.807) is 18.2 Å². The molecule has 0 bridgehead atoms. The summed E-state index contributed by atoms with van der Waals surface area (Å²) in [6.45, 7) is 0.457. The summed E-state index contributed by atoms with van der Waals surface area (Å²) in [5.74, 6) is 0.0184. The van der Waals surface area contributed by atoms with Crippen LogP contribution in [-0.4, -0.2) is 13.2 Å². The van der Waals surface area contributed by atoms with Gasteiger partial charge in [-0.25, -0.2) is 0 Å². The number of fused-ring (bicyclic) bond motifs is 1. The molecule has 2 N–H and O–H groups in total. The number of hydrogen-bond acceptors (Lipinski definition) is 4. The molecule has 0 amide bonds. The van der Waals surface area contributed by atoms with Crippen LogP contribution in [0.25, 0.3) is 22.3 Å². The van der Waals surface area contributed by atoms with Gasteiger partial charge >= 0.3 is 6.18 Å². The van der Waals surface area contributed by atoms with Crippen molar-refractivity contribution in [3.05, 3.63) is 63.3 Å². The van der Waals surface area contributed by atoms with E-state index < -0.39 is 11.7 Å². The lowest BCUT2D eigenvalue weighted by Gasteiger charge is -2.14. The molecule has 0 atom stereocenters. The van der Waals surface area contributed by atoms with E-state index in [2.05, 4.69) is 0 Å². The Morgan fingerprint density at radius 1 is 1.15 bits per heavy atom. The average molecular weight is 398 g/mol. The van der Waals surface area contributed by atoms with Crippen LogP contribution in [0.4, 0.5) is 13.2 Å². The Hall–Kier alpha value is -2.51. The molecule has 8 heteroatoms. The fourth-order valence-electron chi connectivity index (χ4n) is 2.56. The maximum atomic E-state index is 13.0. The van der Waals surface area contributed by atoms with Crippen LogP contribution in [0.3, 0.4) is 0 Å². The van der Waals surface area contributed by atoms with Crippen molar-refractivity contribution in [2.75, 3.05) is 13.2 Å². The summed E-state index contributed by atoms with van der Waals surface area (Å²) in [5, 5.41) is 0.507. The van der Waals surface area contributed by atoms with Crippen LogP contribution in [0.2, 0.25) is 5.02 Å². The second-order valence-corrected chi connectivity index (χ2v) is 6.20. The first kappa shape index (κ1) is 19.3.